The van der Waals surface area contributed by atoms with Gasteiger partial charge in [0.05, 0.1) is 23.0 Å². The zero-order valence-electron chi connectivity index (χ0n) is 19.4. The summed E-state index contributed by atoms with van der Waals surface area (Å²) in [7, 11) is 2.13. The van der Waals surface area contributed by atoms with Crippen LogP contribution in [0.25, 0.3) is 33.8 Å². The summed E-state index contributed by atoms with van der Waals surface area (Å²) in [4.78, 5) is 23.4. The number of rotatable bonds is 3. The Morgan fingerprint density at radius 3 is 2.41 bits per heavy atom. The summed E-state index contributed by atoms with van der Waals surface area (Å²) >= 11 is 0. The molecular formula is C26H24FN7. The van der Waals surface area contributed by atoms with Crippen molar-refractivity contribution in [1.29, 1.82) is 5.26 Å². The molecule has 0 amide bonds. The lowest BCUT2D eigenvalue weighted by Crippen LogP contribution is -2.44. The Morgan fingerprint density at radius 1 is 0.912 bits per heavy atom. The standard InChI is InChI=1S/C26H24FN7/c1-16-17(2)30-26-24(29-16)23(21-8-7-18(15-28)13-22(21)27)31-25(32-26)19-5-4-6-20(14-19)34-11-9-33(3)10-12-34/h4-8,13-14H,9-12H2,1-3H3. The van der Waals surface area contributed by atoms with Gasteiger partial charge in [-0.1, -0.05) is 12.1 Å². The predicted molar refractivity (Wildman–Crippen MR) is 130 cm³/mol. The Bertz CT molecular complexity index is 1440. The molecule has 4 aromatic rings. The molecule has 34 heavy (non-hydrogen) atoms. The Hall–Kier alpha value is -3.96. The first-order chi connectivity index (χ1) is 16.4. The van der Waals surface area contributed by atoms with Crippen molar-refractivity contribution >= 4 is 16.9 Å². The molecule has 0 N–H and O–H groups in total. The van der Waals surface area contributed by atoms with Crippen molar-refractivity contribution in [1.82, 2.24) is 24.8 Å². The molecule has 1 aliphatic rings. The quantitative estimate of drug-likeness (QED) is 0.461. The molecule has 1 aliphatic heterocycles. The van der Waals surface area contributed by atoms with E-state index in [1.165, 1.54) is 6.07 Å². The Labute approximate surface area is 197 Å². The number of nitrogens with zero attached hydrogens (tertiary/aromatic N) is 7. The second kappa shape index (κ2) is 8.76. The number of anilines is 1. The highest BCUT2D eigenvalue weighted by atomic mass is 19.1. The van der Waals surface area contributed by atoms with Crippen molar-refractivity contribution in [2.75, 3.05) is 38.1 Å². The molecule has 0 radical (unpaired) electrons. The van der Waals surface area contributed by atoms with Gasteiger partial charge in [0.15, 0.2) is 11.5 Å². The van der Waals surface area contributed by atoms with Crippen molar-refractivity contribution < 1.29 is 4.39 Å². The number of benzene rings is 2. The Kier molecular flexibility index (Phi) is 5.64. The van der Waals surface area contributed by atoms with Crippen molar-refractivity contribution in [3.8, 4) is 28.7 Å². The molecule has 0 aliphatic carbocycles. The van der Waals surface area contributed by atoms with E-state index in [-0.39, 0.29) is 11.1 Å². The Balaban J connectivity index is 1.67. The third kappa shape index (κ3) is 4.06. The number of likely N-dealkylation sites (N-methyl/N-ethyl adjacent to an activating group) is 1. The van der Waals surface area contributed by atoms with E-state index in [0.29, 0.717) is 22.7 Å². The van der Waals surface area contributed by atoms with Gasteiger partial charge in [-0.2, -0.15) is 5.26 Å². The molecular weight excluding hydrogens is 429 g/mol. The third-order valence-corrected chi connectivity index (χ3v) is 6.27. The molecule has 5 rings (SSSR count). The van der Waals surface area contributed by atoms with Gasteiger partial charge >= 0.3 is 0 Å². The Morgan fingerprint density at radius 2 is 1.68 bits per heavy atom. The number of hydrogen-bond acceptors (Lipinski definition) is 7. The lowest BCUT2D eigenvalue weighted by Gasteiger charge is -2.34. The summed E-state index contributed by atoms with van der Waals surface area (Å²) in [6.45, 7) is 7.64. The average molecular weight is 454 g/mol. The fourth-order valence-electron chi connectivity index (χ4n) is 4.11. The number of fused-ring (bicyclic) bond motifs is 1. The number of hydrogen-bond donors (Lipinski definition) is 0. The van der Waals surface area contributed by atoms with Crippen molar-refractivity contribution in [3.05, 3.63) is 65.2 Å². The maximum atomic E-state index is 15.0. The van der Waals surface area contributed by atoms with Crippen LogP contribution in [0.2, 0.25) is 0 Å². The molecule has 0 unspecified atom stereocenters. The summed E-state index contributed by atoms with van der Waals surface area (Å²) < 4.78 is 15.0. The van der Waals surface area contributed by atoms with E-state index in [0.717, 1.165) is 48.8 Å². The number of halogens is 1. The van der Waals surface area contributed by atoms with Crippen molar-refractivity contribution in [3.63, 3.8) is 0 Å². The first-order valence-electron chi connectivity index (χ1n) is 11.2. The van der Waals surface area contributed by atoms with Crippen LogP contribution in [-0.4, -0.2) is 58.1 Å². The van der Waals surface area contributed by atoms with Crippen LogP contribution in [0.1, 0.15) is 17.0 Å². The molecule has 2 aromatic heterocycles. The minimum atomic E-state index is -0.531. The molecule has 0 saturated carbocycles. The zero-order chi connectivity index (χ0) is 23.8. The van der Waals surface area contributed by atoms with E-state index in [1.807, 2.05) is 32.0 Å². The van der Waals surface area contributed by atoms with Gasteiger partial charge in [0.25, 0.3) is 0 Å². The van der Waals surface area contributed by atoms with Gasteiger partial charge in [-0.3, -0.25) is 0 Å². The SMILES string of the molecule is Cc1nc2nc(-c3cccc(N4CCN(C)CC4)c3)nc(-c3ccc(C#N)cc3F)c2nc1C. The summed E-state index contributed by atoms with van der Waals surface area (Å²) in [6.07, 6.45) is 0. The minimum absolute atomic E-state index is 0.248. The van der Waals surface area contributed by atoms with Crippen molar-refractivity contribution in [2.24, 2.45) is 0 Å². The minimum Gasteiger partial charge on any atom is -0.369 e. The molecule has 3 heterocycles. The van der Waals surface area contributed by atoms with E-state index < -0.39 is 5.82 Å². The molecule has 0 spiro atoms. The topological polar surface area (TPSA) is 81.8 Å². The highest BCUT2D eigenvalue weighted by Gasteiger charge is 2.19. The zero-order valence-corrected chi connectivity index (χ0v) is 19.4. The van der Waals surface area contributed by atoms with Crippen LogP contribution < -0.4 is 4.90 Å². The van der Waals surface area contributed by atoms with E-state index in [9.17, 15) is 0 Å². The van der Waals surface area contributed by atoms with Gasteiger partial charge in [-0.25, -0.2) is 24.3 Å². The smallest absolute Gasteiger partial charge is 0.182 e. The maximum Gasteiger partial charge on any atom is 0.182 e. The van der Waals surface area contributed by atoms with Crippen LogP contribution in [0.5, 0.6) is 0 Å². The molecule has 0 atom stereocenters. The molecule has 170 valence electrons. The second-order valence-corrected chi connectivity index (χ2v) is 8.61. The molecule has 0 bridgehead atoms. The van der Waals surface area contributed by atoms with Gasteiger partial charge < -0.3 is 9.80 Å². The highest BCUT2D eigenvalue weighted by Crippen LogP contribution is 2.31. The van der Waals surface area contributed by atoms with E-state index >= 15 is 4.39 Å². The molecule has 7 nitrogen and oxygen atoms in total. The molecule has 1 saturated heterocycles. The molecule has 2 aromatic carbocycles. The van der Waals surface area contributed by atoms with E-state index in [1.54, 1.807) is 12.1 Å². The highest BCUT2D eigenvalue weighted by molar-refractivity contribution is 5.89. The largest absolute Gasteiger partial charge is 0.369 e. The van der Waals surface area contributed by atoms with Gasteiger partial charge in [-0.05, 0) is 51.2 Å². The first kappa shape index (κ1) is 21.9. The van der Waals surface area contributed by atoms with Gasteiger partial charge in [0.2, 0.25) is 0 Å². The summed E-state index contributed by atoms with van der Waals surface area (Å²) in [5.74, 6) is -0.0731. The lowest BCUT2D eigenvalue weighted by atomic mass is 10.1. The first-order valence-corrected chi connectivity index (χ1v) is 11.2. The fourth-order valence-corrected chi connectivity index (χ4v) is 4.11. The van der Waals surface area contributed by atoms with Gasteiger partial charge in [0, 0.05) is 43.0 Å². The summed E-state index contributed by atoms with van der Waals surface area (Å²) in [6, 6.07) is 14.4. The van der Waals surface area contributed by atoms with Crippen LogP contribution in [0.15, 0.2) is 42.5 Å². The van der Waals surface area contributed by atoms with Crippen LogP contribution >= 0.6 is 0 Å². The van der Waals surface area contributed by atoms with Gasteiger partial charge in [0.1, 0.15) is 17.0 Å². The molecule has 1 fully saturated rings. The number of aryl methyl sites for hydroxylation is 2. The number of piperazine rings is 1. The normalized spacial score (nSPS) is 14.4. The van der Waals surface area contributed by atoms with Crippen LogP contribution in [0.3, 0.4) is 0 Å². The average Bonchev–Trinajstić information content (AvgIpc) is 2.85. The van der Waals surface area contributed by atoms with Crippen LogP contribution in [0, 0.1) is 31.0 Å². The van der Waals surface area contributed by atoms with E-state index in [4.69, 9.17) is 15.2 Å². The van der Waals surface area contributed by atoms with Gasteiger partial charge in [-0.15, -0.1) is 0 Å². The van der Waals surface area contributed by atoms with Crippen molar-refractivity contribution in [2.45, 2.75) is 13.8 Å². The van der Waals surface area contributed by atoms with Crippen LogP contribution in [-0.2, 0) is 0 Å². The number of aromatic nitrogens is 4. The monoisotopic (exact) mass is 453 g/mol. The second-order valence-electron chi connectivity index (χ2n) is 8.61. The third-order valence-electron chi connectivity index (χ3n) is 6.27. The summed E-state index contributed by atoms with van der Waals surface area (Å²) in [5.41, 5.74) is 5.15. The predicted octanol–water partition coefficient (Wildman–Crippen LogP) is 4.13. The summed E-state index contributed by atoms with van der Waals surface area (Å²) in [5, 5.41) is 9.13. The lowest BCUT2D eigenvalue weighted by molar-refractivity contribution is 0.313. The van der Waals surface area contributed by atoms with E-state index in [2.05, 4.69) is 38.9 Å². The maximum absolute atomic E-state index is 15.0. The molecule has 8 heteroatoms. The number of nitriles is 1. The fraction of sp³-hybridized carbons (Fsp3) is 0.269. The van der Waals surface area contributed by atoms with Crippen LogP contribution in [0.4, 0.5) is 10.1 Å².